The van der Waals surface area contributed by atoms with Crippen LogP contribution in [0.4, 0.5) is 0 Å². The van der Waals surface area contributed by atoms with Gasteiger partial charge in [0.2, 0.25) is 0 Å². The predicted molar refractivity (Wildman–Crippen MR) is 177 cm³/mol. The highest BCUT2D eigenvalue weighted by atomic mass is 16.5. The SMILES string of the molecule is CC(C)c1ccc(-c2cc(Oc3ccc(-c4nccc5ccccc45)cc3)cc(-c3ccc(C(C)(C)C)cc3)c2)cc1. The Bertz CT molecular complexity index is 1820. The van der Waals surface area contributed by atoms with E-state index >= 15 is 0 Å². The minimum absolute atomic E-state index is 0.112. The lowest BCUT2D eigenvalue weighted by Crippen LogP contribution is -2.10. The summed E-state index contributed by atoms with van der Waals surface area (Å²) in [4.78, 5) is 4.68. The molecule has 6 rings (SSSR count). The number of fused-ring (bicyclic) bond motifs is 1. The van der Waals surface area contributed by atoms with Crippen LogP contribution in [-0.2, 0) is 5.41 Å². The maximum absolute atomic E-state index is 6.50. The lowest BCUT2D eigenvalue weighted by atomic mass is 9.86. The van der Waals surface area contributed by atoms with Crippen LogP contribution in [0.2, 0.25) is 0 Å². The lowest BCUT2D eigenvalue weighted by molar-refractivity contribution is 0.483. The molecule has 208 valence electrons. The standard InChI is InChI=1S/C40H37NO/c1-27(2)28-10-12-29(13-11-28)33-24-34(30-14-18-35(19-15-30)40(3,4)5)26-37(25-33)42-36-20-16-32(17-21-36)39-38-9-7-6-8-31(38)22-23-41-39/h6-27H,1-5H3. The van der Waals surface area contributed by atoms with E-state index in [0.717, 1.165) is 39.3 Å². The molecule has 1 aromatic heterocycles. The van der Waals surface area contributed by atoms with E-state index in [0.29, 0.717) is 5.92 Å². The third-order valence-electron chi connectivity index (χ3n) is 7.94. The largest absolute Gasteiger partial charge is 0.457 e. The molecule has 0 spiro atoms. The Kier molecular flexibility index (Phi) is 7.39. The summed E-state index contributed by atoms with van der Waals surface area (Å²) in [5.74, 6) is 2.10. The van der Waals surface area contributed by atoms with Crippen LogP contribution < -0.4 is 4.74 Å². The maximum atomic E-state index is 6.50. The molecule has 2 nitrogen and oxygen atoms in total. The first-order chi connectivity index (χ1) is 20.2. The van der Waals surface area contributed by atoms with Crippen molar-refractivity contribution in [2.45, 2.75) is 46.0 Å². The molecule has 0 N–H and O–H groups in total. The summed E-state index contributed by atoms with van der Waals surface area (Å²) < 4.78 is 6.50. The molecule has 0 aliphatic heterocycles. The van der Waals surface area contributed by atoms with Crippen molar-refractivity contribution >= 4 is 10.8 Å². The second-order valence-corrected chi connectivity index (χ2v) is 12.4. The van der Waals surface area contributed by atoms with Gasteiger partial charge in [-0.25, -0.2) is 0 Å². The Balaban J connectivity index is 1.35. The van der Waals surface area contributed by atoms with Gasteiger partial charge in [-0.3, -0.25) is 4.98 Å². The van der Waals surface area contributed by atoms with Crippen molar-refractivity contribution in [1.82, 2.24) is 4.98 Å². The van der Waals surface area contributed by atoms with Gasteiger partial charge in [0.05, 0.1) is 5.69 Å². The van der Waals surface area contributed by atoms with Crippen LogP contribution in [0.5, 0.6) is 11.5 Å². The molecule has 0 unspecified atom stereocenters. The van der Waals surface area contributed by atoms with Gasteiger partial charge < -0.3 is 4.74 Å². The Morgan fingerprint density at radius 2 is 1.17 bits per heavy atom. The molecule has 0 saturated heterocycles. The zero-order valence-corrected chi connectivity index (χ0v) is 25.1. The van der Waals surface area contributed by atoms with Crippen molar-refractivity contribution in [2.75, 3.05) is 0 Å². The number of rotatable bonds is 6. The van der Waals surface area contributed by atoms with Gasteiger partial charge in [-0.15, -0.1) is 0 Å². The van der Waals surface area contributed by atoms with Gasteiger partial charge in [-0.2, -0.15) is 0 Å². The van der Waals surface area contributed by atoms with Crippen LogP contribution in [0.25, 0.3) is 44.3 Å². The normalized spacial score (nSPS) is 11.7. The highest BCUT2D eigenvalue weighted by Crippen LogP contribution is 2.36. The number of hydrogen-bond acceptors (Lipinski definition) is 2. The topological polar surface area (TPSA) is 22.1 Å². The summed E-state index contributed by atoms with van der Waals surface area (Å²) in [6.45, 7) is 11.2. The summed E-state index contributed by atoms with van der Waals surface area (Å²) in [5.41, 5.74) is 9.43. The van der Waals surface area contributed by atoms with Gasteiger partial charge in [-0.05, 0) is 98.6 Å². The van der Waals surface area contributed by atoms with Gasteiger partial charge >= 0.3 is 0 Å². The average molecular weight is 548 g/mol. The van der Waals surface area contributed by atoms with Gasteiger partial charge in [0, 0.05) is 17.1 Å². The molecule has 0 aliphatic rings. The predicted octanol–water partition coefficient (Wildman–Crippen LogP) is 11.4. The molecule has 0 fully saturated rings. The fourth-order valence-corrected chi connectivity index (χ4v) is 5.38. The van der Waals surface area contributed by atoms with Crippen molar-refractivity contribution in [1.29, 1.82) is 0 Å². The average Bonchev–Trinajstić information content (AvgIpc) is 3.01. The highest BCUT2D eigenvalue weighted by Gasteiger charge is 2.14. The minimum Gasteiger partial charge on any atom is -0.457 e. The molecule has 0 amide bonds. The second kappa shape index (κ2) is 11.3. The molecule has 0 saturated carbocycles. The molecular formula is C40H37NO. The second-order valence-electron chi connectivity index (χ2n) is 12.4. The molecule has 0 bridgehead atoms. The van der Waals surface area contributed by atoms with E-state index in [9.17, 15) is 0 Å². The Hall–Kier alpha value is -4.69. The van der Waals surface area contributed by atoms with E-state index in [1.807, 2.05) is 24.4 Å². The maximum Gasteiger partial charge on any atom is 0.128 e. The van der Waals surface area contributed by atoms with Crippen molar-refractivity contribution in [3.8, 4) is 45.0 Å². The first kappa shape index (κ1) is 27.5. The third kappa shape index (κ3) is 5.85. The first-order valence-electron chi connectivity index (χ1n) is 14.7. The molecule has 0 atom stereocenters. The third-order valence-corrected chi connectivity index (χ3v) is 7.94. The van der Waals surface area contributed by atoms with Crippen LogP contribution in [-0.4, -0.2) is 4.98 Å². The monoisotopic (exact) mass is 547 g/mol. The Labute approximate surface area is 249 Å². The Morgan fingerprint density at radius 3 is 1.79 bits per heavy atom. The molecule has 5 aromatic carbocycles. The zero-order valence-electron chi connectivity index (χ0n) is 25.1. The van der Waals surface area contributed by atoms with E-state index < -0.39 is 0 Å². The zero-order chi connectivity index (χ0) is 29.3. The lowest BCUT2D eigenvalue weighted by Gasteiger charge is -2.19. The molecule has 0 radical (unpaired) electrons. The quantitative estimate of drug-likeness (QED) is 0.207. The van der Waals surface area contributed by atoms with E-state index in [2.05, 4.69) is 143 Å². The number of aromatic nitrogens is 1. The number of nitrogens with zero attached hydrogens (tertiary/aromatic N) is 1. The van der Waals surface area contributed by atoms with Crippen molar-refractivity contribution in [2.24, 2.45) is 0 Å². The number of pyridine rings is 1. The summed E-state index contributed by atoms with van der Waals surface area (Å²) in [7, 11) is 0. The van der Waals surface area contributed by atoms with Crippen molar-refractivity contribution in [3.63, 3.8) is 0 Å². The fraction of sp³-hybridized carbons (Fsp3) is 0.175. The number of ether oxygens (including phenoxy) is 1. The summed E-state index contributed by atoms with van der Waals surface area (Å²) >= 11 is 0. The molecule has 42 heavy (non-hydrogen) atoms. The highest BCUT2D eigenvalue weighted by molar-refractivity contribution is 5.94. The van der Waals surface area contributed by atoms with E-state index in [1.54, 1.807) is 0 Å². The first-order valence-corrected chi connectivity index (χ1v) is 14.7. The molecule has 0 aliphatic carbocycles. The van der Waals surface area contributed by atoms with Crippen LogP contribution in [0.15, 0.2) is 128 Å². The summed E-state index contributed by atoms with van der Waals surface area (Å²) in [5, 5.41) is 2.33. The van der Waals surface area contributed by atoms with Crippen LogP contribution in [0, 0.1) is 0 Å². The summed E-state index contributed by atoms with van der Waals surface area (Å²) in [6.07, 6.45) is 1.87. The Morgan fingerprint density at radius 1 is 0.571 bits per heavy atom. The van der Waals surface area contributed by atoms with Gasteiger partial charge in [0.1, 0.15) is 11.5 Å². The van der Waals surface area contributed by atoms with Gasteiger partial charge in [0.25, 0.3) is 0 Å². The fourth-order valence-electron chi connectivity index (χ4n) is 5.38. The van der Waals surface area contributed by atoms with E-state index in [1.165, 1.54) is 27.6 Å². The van der Waals surface area contributed by atoms with E-state index in [-0.39, 0.29) is 5.41 Å². The molecular weight excluding hydrogens is 510 g/mol. The molecule has 6 aromatic rings. The molecule has 2 heteroatoms. The smallest absolute Gasteiger partial charge is 0.128 e. The van der Waals surface area contributed by atoms with Crippen molar-refractivity contribution < 1.29 is 4.74 Å². The van der Waals surface area contributed by atoms with Gasteiger partial charge in [0.15, 0.2) is 0 Å². The number of benzene rings is 5. The van der Waals surface area contributed by atoms with Crippen LogP contribution in [0.1, 0.15) is 51.7 Å². The summed E-state index contributed by atoms with van der Waals surface area (Å²) in [6, 6.07) is 43.0. The molecule has 1 heterocycles. The number of hydrogen-bond donors (Lipinski definition) is 0. The van der Waals surface area contributed by atoms with Crippen molar-refractivity contribution in [3.05, 3.63) is 139 Å². The van der Waals surface area contributed by atoms with Gasteiger partial charge in [-0.1, -0.05) is 107 Å². The van der Waals surface area contributed by atoms with Crippen LogP contribution in [0.3, 0.4) is 0 Å². The van der Waals surface area contributed by atoms with E-state index in [4.69, 9.17) is 4.74 Å². The minimum atomic E-state index is 0.112. The van der Waals surface area contributed by atoms with Crippen LogP contribution >= 0.6 is 0 Å².